The van der Waals surface area contributed by atoms with Gasteiger partial charge in [0.2, 0.25) is 5.88 Å². The van der Waals surface area contributed by atoms with Crippen LogP contribution in [0.2, 0.25) is 0 Å². The standard InChI is InChI=1S/C27H26N8O/c1-36-25-11-3-9-23(33-25)27(26(20-6-4-12-28-18-20)21-7-5-13-29-19-21)22-8-2-10-24(32-22)30-14-16-35-17-15-31-34-35/h2-13,15,17-19,26-27H,14,16H2,1H3,(H,30,32). The Bertz CT molecular complexity index is 1320. The third kappa shape index (κ3) is 5.35. The molecule has 0 saturated heterocycles. The van der Waals surface area contributed by atoms with Gasteiger partial charge in [-0.3, -0.25) is 14.6 Å². The van der Waals surface area contributed by atoms with Crippen molar-refractivity contribution in [2.45, 2.75) is 18.4 Å². The van der Waals surface area contributed by atoms with Crippen LogP contribution in [-0.4, -0.2) is 48.6 Å². The highest BCUT2D eigenvalue weighted by Crippen LogP contribution is 2.41. The van der Waals surface area contributed by atoms with Gasteiger partial charge in [0.1, 0.15) is 5.82 Å². The lowest BCUT2D eigenvalue weighted by Gasteiger charge is -2.27. The fourth-order valence-corrected chi connectivity index (χ4v) is 4.28. The molecule has 36 heavy (non-hydrogen) atoms. The van der Waals surface area contributed by atoms with Gasteiger partial charge >= 0.3 is 0 Å². The van der Waals surface area contributed by atoms with Gasteiger partial charge in [-0.2, -0.15) is 0 Å². The largest absolute Gasteiger partial charge is 0.481 e. The quantitative estimate of drug-likeness (QED) is 0.322. The minimum atomic E-state index is -0.217. The van der Waals surface area contributed by atoms with E-state index in [1.165, 1.54) is 0 Å². The second-order valence-electron chi connectivity index (χ2n) is 8.17. The van der Waals surface area contributed by atoms with Gasteiger partial charge in [-0.05, 0) is 41.5 Å². The third-order valence-electron chi connectivity index (χ3n) is 5.90. The first-order valence-corrected chi connectivity index (χ1v) is 11.7. The lowest BCUT2D eigenvalue weighted by atomic mass is 9.78. The number of nitrogens with zero attached hydrogens (tertiary/aromatic N) is 7. The van der Waals surface area contributed by atoms with Crippen LogP contribution in [0.25, 0.3) is 0 Å². The molecule has 0 saturated carbocycles. The van der Waals surface area contributed by atoms with Crippen LogP contribution in [0.3, 0.4) is 0 Å². The monoisotopic (exact) mass is 478 g/mol. The molecule has 0 fully saturated rings. The van der Waals surface area contributed by atoms with E-state index in [4.69, 9.17) is 14.7 Å². The van der Waals surface area contributed by atoms with Gasteiger partial charge in [-0.15, -0.1) is 5.10 Å². The van der Waals surface area contributed by atoms with Crippen molar-refractivity contribution < 1.29 is 4.74 Å². The van der Waals surface area contributed by atoms with Gasteiger partial charge in [0.25, 0.3) is 0 Å². The number of nitrogens with one attached hydrogen (secondary N) is 1. The first-order valence-electron chi connectivity index (χ1n) is 11.7. The lowest BCUT2D eigenvalue weighted by molar-refractivity contribution is 0.395. The Hall–Kier alpha value is -4.66. The summed E-state index contributed by atoms with van der Waals surface area (Å²) < 4.78 is 7.24. The molecule has 1 atom stereocenters. The van der Waals surface area contributed by atoms with Gasteiger partial charge in [0, 0.05) is 49.5 Å². The average Bonchev–Trinajstić information content (AvgIpc) is 3.46. The highest BCUT2D eigenvalue weighted by Gasteiger charge is 2.31. The van der Waals surface area contributed by atoms with Crippen molar-refractivity contribution in [1.29, 1.82) is 0 Å². The molecule has 1 unspecified atom stereocenters. The van der Waals surface area contributed by atoms with Crippen molar-refractivity contribution in [2.75, 3.05) is 19.0 Å². The summed E-state index contributed by atoms with van der Waals surface area (Å²) in [5.41, 5.74) is 3.82. The number of hydrogen-bond donors (Lipinski definition) is 1. The normalized spacial score (nSPS) is 11.8. The number of rotatable bonds is 10. The fraction of sp³-hybridized carbons (Fsp3) is 0.185. The Morgan fingerprint density at radius 2 is 1.53 bits per heavy atom. The highest BCUT2D eigenvalue weighted by atomic mass is 16.5. The molecule has 9 nitrogen and oxygen atoms in total. The van der Waals surface area contributed by atoms with Crippen LogP contribution < -0.4 is 10.1 Å². The molecule has 5 rings (SSSR count). The summed E-state index contributed by atoms with van der Waals surface area (Å²) in [5.74, 6) is 0.989. The van der Waals surface area contributed by atoms with Crippen molar-refractivity contribution in [3.63, 3.8) is 0 Å². The fourth-order valence-electron chi connectivity index (χ4n) is 4.28. The minimum absolute atomic E-state index is 0.120. The van der Waals surface area contributed by atoms with E-state index in [1.54, 1.807) is 30.4 Å². The van der Waals surface area contributed by atoms with Crippen LogP contribution >= 0.6 is 0 Å². The summed E-state index contributed by atoms with van der Waals surface area (Å²) in [7, 11) is 1.62. The average molecular weight is 479 g/mol. The Morgan fingerprint density at radius 1 is 0.806 bits per heavy atom. The van der Waals surface area contributed by atoms with E-state index in [-0.39, 0.29) is 11.8 Å². The third-order valence-corrected chi connectivity index (χ3v) is 5.90. The molecule has 0 amide bonds. The number of anilines is 1. The minimum Gasteiger partial charge on any atom is -0.481 e. The number of ether oxygens (including phenoxy) is 1. The highest BCUT2D eigenvalue weighted by molar-refractivity contribution is 5.43. The number of aromatic nitrogens is 7. The Kier molecular flexibility index (Phi) is 7.17. The van der Waals surface area contributed by atoms with Gasteiger partial charge in [-0.25, -0.2) is 9.97 Å². The SMILES string of the molecule is COc1cccc(C(c2cccc(NCCn3ccnn3)n2)C(c2cccnc2)c2cccnc2)n1. The zero-order valence-electron chi connectivity index (χ0n) is 19.8. The summed E-state index contributed by atoms with van der Waals surface area (Å²) in [6, 6.07) is 19.9. The molecule has 0 aromatic carbocycles. The zero-order chi connectivity index (χ0) is 24.6. The van der Waals surface area contributed by atoms with Crippen molar-refractivity contribution in [3.8, 4) is 5.88 Å². The van der Waals surface area contributed by atoms with Gasteiger partial charge < -0.3 is 10.1 Å². The van der Waals surface area contributed by atoms with E-state index >= 15 is 0 Å². The first-order chi connectivity index (χ1) is 17.8. The van der Waals surface area contributed by atoms with E-state index in [2.05, 4.69) is 37.7 Å². The van der Waals surface area contributed by atoms with E-state index in [0.29, 0.717) is 19.0 Å². The first kappa shape index (κ1) is 23.1. The second kappa shape index (κ2) is 11.2. The van der Waals surface area contributed by atoms with Gasteiger partial charge in [0.15, 0.2) is 0 Å². The molecule has 0 bridgehead atoms. The van der Waals surface area contributed by atoms with Crippen LogP contribution in [0.4, 0.5) is 5.82 Å². The van der Waals surface area contributed by atoms with Crippen LogP contribution in [0.15, 0.2) is 97.8 Å². The summed E-state index contributed by atoms with van der Waals surface area (Å²) in [4.78, 5) is 18.7. The molecule has 5 heterocycles. The maximum absolute atomic E-state index is 5.46. The van der Waals surface area contributed by atoms with E-state index < -0.39 is 0 Å². The van der Waals surface area contributed by atoms with Crippen LogP contribution in [-0.2, 0) is 6.54 Å². The molecule has 0 aliphatic heterocycles. The summed E-state index contributed by atoms with van der Waals surface area (Å²) in [6.45, 7) is 1.34. The molecule has 0 aliphatic carbocycles. The maximum Gasteiger partial charge on any atom is 0.213 e. The molecular formula is C27H26N8O. The van der Waals surface area contributed by atoms with Crippen LogP contribution in [0, 0.1) is 0 Å². The van der Waals surface area contributed by atoms with E-state index in [9.17, 15) is 0 Å². The Labute approximate surface area is 209 Å². The second-order valence-corrected chi connectivity index (χ2v) is 8.17. The molecule has 1 N–H and O–H groups in total. The molecule has 5 aromatic heterocycles. The maximum atomic E-state index is 5.46. The number of hydrogen-bond acceptors (Lipinski definition) is 8. The van der Waals surface area contributed by atoms with Gasteiger partial charge in [-0.1, -0.05) is 29.5 Å². The lowest BCUT2D eigenvalue weighted by Crippen LogP contribution is -2.18. The molecular weight excluding hydrogens is 452 g/mol. The van der Waals surface area contributed by atoms with Gasteiger partial charge in [0.05, 0.1) is 37.2 Å². The molecule has 180 valence electrons. The predicted molar refractivity (Wildman–Crippen MR) is 136 cm³/mol. The molecule has 0 aliphatic rings. The van der Waals surface area contributed by atoms with Crippen LogP contribution in [0.1, 0.15) is 34.4 Å². The van der Waals surface area contributed by atoms with Crippen molar-refractivity contribution in [2.24, 2.45) is 0 Å². The summed E-state index contributed by atoms with van der Waals surface area (Å²) in [6.07, 6.45) is 10.8. The summed E-state index contributed by atoms with van der Waals surface area (Å²) >= 11 is 0. The van der Waals surface area contributed by atoms with Crippen molar-refractivity contribution in [1.82, 2.24) is 34.9 Å². The predicted octanol–water partition coefficient (Wildman–Crippen LogP) is 3.94. The molecule has 9 heteroatoms. The van der Waals surface area contributed by atoms with E-state index in [1.807, 2.05) is 67.1 Å². The molecule has 5 aromatic rings. The Morgan fingerprint density at radius 3 is 2.17 bits per heavy atom. The molecule has 0 radical (unpaired) electrons. The smallest absolute Gasteiger partial charge is 0.213 e. The molecule has 0 spiro atoms. The van der Waals surface area contributed by atoms with Crippen LogP contribution in [0.5, 0.6) is 5.88 Å². The number of pyridine rings is 4. The number of methoxy groups -OCH3 is 1. The van der Waals surface area contributed by atoms with Crippen molar-refractivity contribution in [3.05, 3.63) is 120 Å². The van der Waals surface area contributed by atoms with E-state index in [0.717, 1.165) is 28.3 Å². The Balaban J connectivity index is 1.57. The topological polar surface area (TPSA) is 104 Å². The zero-order valence-corrected chi connectivity index (χ0v) is 19.8. The van der Waals surface area contributed by atoms with Crippen molar-refractivity contribution >= 4 is 5.82 Å². The summed E-state index contributed by atoms with van der Waals surface area (Å²) in [5, 5.41) is 11.3.